The summed E-state index contributed by atoms with van der Waals surface area (Å²) in [6.07, 6.45) is 5.43. The van der Waals surface area contributed by atoms with E-state index in [1.54, 1.807) is 6.07 Å². The first-order chi connectivity index (χ1) is 19.6. The van der Waals surface area contributed by atoms with Gasteiger partial charge in [0.15, 0.2) is 11.5 Å². The lowest BCUT2D eigenvalue weighted by Gasteiger charge is -2.18. The van der Waals surface area contributed by atoms with Crippen LogP contribution in [0, 0.1) is 0 Å². The van der Waals surface area contributed by atoms with Gasteiger partial charge in [-0.15, -0.1) is 0 Å². The molecule has 0 N–H and O–H groups in total. The molecule has 4 rings (SSSR count). The number of carbonyl (C=O) groups excluding carboxylic acids is 2. The van der Waals surface area contributed by atoms with Crippen LogP contribution < -0.4 is 9.47 Å². The molecule has 208 valence electrons. The number of unbranched alkanes of at least 4 members (excludes halogenated alkanes) is 2. The summed E-state index contributed by atoms with van der Waals surface area (Å²) in [5, 5.41) is 2.39. The Morgan fingerprint density at radius 1 is 0.600 bits per heavy atom. The molecule has 0 spiro atoms. The molecule has 6 nitrogen and oxygen atoms in total. The van der Waals surface area contributed by atoms with Crippen LogP contribution in [0.2, 0.25) is 0 Å². The van der Waals surface area contributed by atoms with Crippen LogP contribution in [0.1, 0.15) is 57.5 Å². The lowest BCUT2D eigenvalue weighted by Crippen LogP contribution is -2.16. The molecule has 6 heteroatoms. The van der Waals surface area contributed by atoms with E-state index < -0.39 is 11.9 Å². The average molecular weight is 541 g/mol. The number of ether oxygens (including phenoxy) is 4. The summed E-state index contributed by atoms with van der Waals surface area (Å²) in [6.45, 7) is 0.787. The molecule has 0 saturated carbocycles. The van der Waals surface area contributed by atoms with Gasteiger partial charge in [0.2, 0.25) is 0 Å². The van der Waals surface area contributed by atoms with Crippen molar-refractivity contribution < 1.29 is 28.5 Å². The summed E-state index contributed by atoms with van der Waals surface area (Å²) in [6, 6.07) is 28.2. The number of hydrogen-bond acceptors (Lipinski definition) is 6. The maximum absolute atomic E-state index is 12.8. The topological polar surface area (TPSA) is 71.1 Å². The SMILES string of the molecule is COC(=O)c1ccc(OCCCCCc2ccccc2)c(OCCCc2ccc3ccccc3c2)c1C(=O)OC. The average Bonchev–Trinajstić information content (AvgIpc) is 3.00. The highest BCUT2D eigenvalue weighted by atomic mass is 16.5. The van der Waals surface area contributed by atoms with Gasteiger partial charge in [0, 0.05) is 0 Å². The van der Waals surface area contributed by atoms with E-state index in [-0.39, 0.29) is 16.9 Å². The molecule has 0 unspecified atom stereocenters. The fourth-order valence-electron chi connectivity index (χ4n) is 4.68. The Morgan fingerprint density at radius 2 is 1.30 bits per heavy atom. The molecule has 0 atom stereocenters. The van der Waals surface area contributed by atoms with Crippen LogP contribution in [0.4, 0.5) is 0 Å². The van der Waals surface area contributed by atoms with Crippen molar-refractivity contribution in [3.8, 4) is 11.5 Å². The molecule has 0 aliphatic heterocycles. The van der Waals surface area contributed by atoms with Crippen molar-refractivity contribution in [3.63, 3.8) is 0 Å². The first-order valence-corrected chi connectivity index (χ1v) is 13.7. The van der Waals surface area contributed by atoms with Gasteiger partial charge in [-0.2, -0.15) is 0 Å². The monoisotopic (exact) mass is 540 g/mol. The Balaban J connectivity index is 1.42. The summed E-state index contributed by atoms with van der Waals surface area (Å²) >= 11 is 0. The zero-order chi connectivity index (χ0) is 28.2. The van der Waals surface area contributed by atoms with Crippen molar-refractivity contribution in [2.45, 2.75) is 38.5 Å². The fraction of sp³-hybridized carbons (Fsp3) is 0.294. The van der Waals surface area contributed by atoms with Gasteiger partial charge in [0.05, 0.1) is 33.0 Å². The molecule has 40 heavy (non-hydrogen) atoms. The number of benzene rings is 4. The molecule has 0 saturated heterocycles. The van der Waals surface area contributed by atoms with Gasteiger partial charge in [-0.25, -0.2) is 9.59 Å². The van der Waals surface area contributed by atoms with E-state index >= 15 is 0 Å². The number of esters is 2. The highest BCUT2D eigenvalue weighted by Gasteiger charge is 2.27. The lowest BCUT2D eigenvalue weighted by atomic mass is 10.0. The van der Waals surface area contributed by atoms with Crippen molar-refractivity contribution in [2.75, 3.05) is 27.4 Å². The van der Waals surface area contributed by atoms with Crippen molar-refractivity contribution in [1.29, 1.82) is 0 Å². The largest absolute Gasteiger partial charge is 0.490 e. The van der Waals surface area contributed by atoms with E-state index in [9.17, 15) is 9.59 Å². The minimum atomic E-state index is -0.682. The normalized spacial score (nSPS) is 10.8. The van der Waals surface area contributed by atoms with Gasteiger partial charge < -0.3 is 18.9 Å². The molecular weight excluding hydrogens is 504 g/mol. The van der Waals surface area contributed by atoms with Crippen LogP contribution >= 0.6 is 0 Å². The summed E-state index contributed by atoms with van der Waals surface area (Å²) in [4.78, 5) is 25.3. The van der Waals surface area contributed by atoms with E-state index in [2.05, 4.69) is 54.6 Å². The van der Waals surface area contributed by atoms with E-state index in [1.807, 2.05) is 18.2 Å². The molecule has 0 radical (unpaired) electrons. The van der Waals surface area contributed by atoms with E-state index in [0.717, 1.165) is 32.1 Å². The second-order valence-corrected chi connectivity index (χ2v) is 9.58. The molecular formula is C34H36O6. The predicted molar refractivity (Wildman–Crippen MR) is 156 cm³/mol. The minimum absolute atomic E-state index is 0.0154. The van der Waals surface area contributed by atoms with Crippen LogP contribution in [0.3, 0.4) is 0 Å². The Morgan fingerprint density at radius 3 is 2.08 bits per heavy atom. The van der Waals surface area contributed by atoms with Crippen LogP contribution in [0.15, 0.2) is 84.9 Å². The molecule has 4 aromatic rings. The number of hydrogen-bond donors (Lipinski definition) is 0. The van der Waals surface area contributed by atoms with Crippen molar-refractivity contribution in [2.24, 2.45) is 0 Å². The molecule has 0 aliphatic carbocycles. The number of aryl methyl sites for hydroxylation is 2. The standard InChI is InChI=1S/C34H36O6/c1-37-33(35)29-20-21-30(39-22-10-4-7-14-25-12-5-3-6-13-25)32(31(29)34(36)38-2)40-23-11-15-26-18-19-27-16-8-9-17-28(27)24-26/h3,5-6,8-9,12-13,16-21,24H,4,7,10-11,14-15,22-23H2,1-2H3. The first kappa shape index (κ1) is 28.7. The third-order valence-corrected chi connectivity index (χ3v) is 6.80. The second-order valence-electron chi connectivity index (χ2n) is 9.58. The molecule has 4 aromatic carbocycles. The van der Waals surface area contributed by atoms with Gasteiger partial charge in [0.1, 0.15) is 5.56 Å². The van der Waals surface area contributed by atoms with Crippen molar-refractivity contribution >= 4 is 22.7 Å². The van der Waals surface area contributed by atoms with Gasteiger partial charge in [0.25, 0.3) is 0 Å². The maximum Gasteiger partial charge on any atom is 0.342 e. The summed E-state index contributed by atoms with van der Waals surface area (Å²) < 4.78 is 22.1. The minimum Gasteiger partial charge on any atom is -0.490 e. The molecule has 0 amide bonds. The van der Waals surface area contributed by atoms with Gasteiger partial charge in [-0.1, -0.05) is 72.8 Å². The zero-order valence-corrected chi connectivity index (χ0v) is 23.2. The quantitative estimate of drug-likeness (QED) is 0.124. The Bertz CT molecular complexity index is 1410. The maximum atomic E-state index is 12.8. The Labute approximate surface area is 235 Å². The third-order valence-electron chi connectivity index (χ3n) is 6.80. The number of fused-ring (bicyclic) bond motifs is 1. The van der Waals surface area contributed by atoms with Crippen LogP contribution in [-0.4, -0.2) is 39.4 Å². The summed E-state index contributed by atoms with van der Waals surface area (Å²) in [7, 11) is 2.54. The zero-order valence-electron chi connectivity index (χ0n) is 23.2. The first-order valence-electron chi connectivity index (χ1n) is 13.7. The number of rotatable bonds is 14. The van der Waals surface area contributed by atoms with E-state index in [0.29, 0.717) is 25.4 Å². The summed E-state index contributed by atoms with van der Waals surface area (Å²) in [5.74, 6) is -0.716. The van der Waals surface area contributed by atoms with Crippen molar-refractivity contribution in [1.82, 2.24) is 0 Å². The van der Waals surface area contributed by atoms with E-state index in [4.69, 9.17) is 18.9 Å². The number of methoxy groups -OCH3 is 2. The molecule has 0 aromatic heterocycles. The Kier molecular flexibility index (Phi) is 10.6. The predicted octanol–water partition coefficient (Wildman–Crippen LogP) is 7.22. The fourth-order valence-corrected chi connectivity index (χ4v) is 4.68. The highest BCUT2D eigenvalue weighted by molar-refractivity contribution is 6.05. The van der Waals surface area contributed by atoms with Gasteiger partial charge >= 0.3 is 11.9 Å². The second kappa shape index (κ2) is 14.7. The van der Waals surface area contributed by atoms with Crippen molar-refractivity contribution in [3.05, 3.63) is 107 Å². The molecule has 0 heterocycles. The number of carbonyl (C=O) groups is 2. The molecule has 0 aliphatic rings. The van der Waals surface area contributed by atoms with Gasteiger partial charge in [-0.05, 0) is 72.6 Å². The van der Waals surface area contributed by atoms with Crippen LogP contribution in [0.25, 0.3) is 10.8 Å². The van der Waals surface area contributed by atoms with Crippen LogP contribution in [0.5, 0.6) is 11.5 Å². The van der Waals surface area contributed by atoms with Gasteiger partial charge in [-0.3, -0.25) is 0 Å². The lowest BCUT2D eigenvalue weighted by molar-refractivity contribution is 0.0550. The third kappa shape index (κ3) is 7.63. The summed E-state index contributed by atoms with van der Waals surface area (Å²) in [5.41, 5.74) is 2.62. The Hall–Kier alpha value is -4.32. The molecule has 0 bridgehead atoms. The highest BCUT2D eigenvalue weighted by Crippen LogP contribution is 2.35. The molecule has 0 fully saturated rings. The smallest absolute Gasteiger partial charge is 0.342 e. The van der Waals surface area contributed by atoms with E-state index in [1.165, 1.54) is 42.2 Å². The van der Waals surface area contributed by atoms with Crippen LogP contribution in [-0.2, 0) is 22.3 Å².